The fourth-order valence-electron chi connectivity index (χ4n) is 2.04. The molecule has 0 aliphatic rings. The number of hydrogen-bond acceptors (Lipinski definition) is 3. The first-order valence-corrected chi connectivity index (χ1v) is 7.11. The number of benzene rings is 1. The summed E-state index contributed by atoms with van der Waals surface area (Å²) in [6, 6.07) is 5.81. The van der Waals surface area contributed by atoms with Crippen molar-refractivity contribution in [2.24, 2.45) is 5.92 Å². The van der Waals surface area contributed by atoms with Crippen molar-refractivity contribution < 1.29 is 9.72 Å². The van der Waals surface area contributed by atoms with E-state index in [-0.39, 0.29) is 11.6 Å². The molecule has 0 saturated carbocycles. The Balaban J connectivity index is 2.57. The van der Waals surface area contributed by atoms with Gasteiger partial charge in [-0.05, 0) is 18.4 Å². The minimum atomic E-state index is -0.493. The third kappa shape index (κ3) is 4.99. The number of nitrogens with zero attached hydrogens (tertiary/aromatic N) is 1. The maximum absolute atomic E-state index is 12.0. The largest absolute Gasteiger partial charge is 0.352 e. The summed E-state index contributed by atoms with van der Waals surface area (Å²) in [5.41, 5.74) is 0.278. The molecule has 0 bridgehead atoms. The SMILES string of the molecule is CCCCC(CC)CNC(=O)c1cccc([N+](=O)[O-])c1. The van der Waals surface area contributed by atoms with E-state index in [1.54, 1.807) is 6.07 Å². The lowest BCUT2D eigenvalue weighted by Crippen LogP contribution is -2.29. The number of unbranched alkanes of at least 4 members (excludes halogenated alkanes) is 1. The zero-order valence-corrected chi connectivity index (χ0v) is 12.1. The molecular weight excluding hydrogens is 256 g/mol. The van der Waals surface area contributed by atoms with E-state index in [9.17, 15) is 14.9 Å². The second-order valence-electron chi connectivity index (χ2n) is 4.93. The molecule has 0 aliphatic carbocycles. The summed E-state index contributed by atoms with van der Waals surface area (Å²) in [4.78, 5) is 22.2. The van der Waals surface area contributed by atoms with Gasteiger partial charge in [0.15, 0.2) is 0 Å². The van der Waals surface area contributed by atoms with Crippen LogP contribution in [0.5, 0.6) is 0 Å². The van der Waals surface area contributed by atoms with Gasteiger partial charge in [0.1, 0.15) is 0 Å². The molecule has 0 heterocycles. The quantitative estimate of drug-likeness (QED) is 0.584. The van der Waals surface area contributed by atoms with Crippen molar-refractivity contribution in [1.82, 2.24) is 5.32 Å². The molecule has 1 N–H and O–H groups in total. The Kier molecular flexibility index (Phi) is 6.70. The number of carbonyl (C=O) groups is 1. The second kappa shape index (κ2) is 8.30. The van der Waals surface area contributed by atoms with Crippen molar-refractivity contribution in [2.75, 3.05) is 6.54 Å². The fourth-order valence-corrected chi connectivity index (χ4v) is 2.04. The lowest BCUT2D eigenvalue weighted by atomic mass is 9.99. The van der Waals surface area contributed by atoms with Crippen LogP contribution in [0.2, 0.25) is 0 Å². The molecule has 0 aromatic heterocycles. The minimum absolute atomic E-state index is 0.0596. The Morgan fingerprint density at radius 1 is 1.40 bits per heavy atom. The summed E-state index contributed by atoms with van der Waals surface area (Å²) in [6.07, 6.45) is 4.43. The normalized spacial score (nSPS) is 11.9. The van der Waals surface area contributed by atoms with Gasteiger partial charge in [-0.3, -0.25) is 14.9 Å². The van der Waals surface area contributed by atoms with E-state index in [2.05, 4.69) is 19.2 Å². The van der Waals surface area contributed by atoms with Gasteiger partial charge in [-0.15, -0.1) is 0 Å². The molecule has 0 spiro atoms. The zero-order valence-electron chi connectivity index (χ0n) is 12.1. The molecule has 5 nitrogen and oxygen atoms in total. The van der Waals surface area contributed by atoms with Crippen LogP contribution >= 0.6 is 0 Å². The molecule has 1 aromatic carbocycles. The third-order valence-corrected chi connectivity index (χ3v) is 3.41. The molecule has 5 heteroatoms. The Bertz CT molecular complexity index is 460. The van der Waals surface area contributed by atoms with Gasteiger partial charge in [0.05, 0.1) is 4.92 Å². The fraction of sp³-hybridized carbons (Fsp3) is 0.533. The molecule has 1 atom stereocenters. The Morgan fingerprint density at radius 3 is 2.75 bits per heavy atom. The first-order valence-electron chi connectivity index (χ1n) is 7.11. The van der Waals surface area contributed by atoms with Gasteiger partial charge < -0.3 is 5.32 Å². The van der Waals surface area contributed by atoms with Gasteiger partial charge >= 0.3 is 0 Å². The van der Waals surface area contributed by atoms with Crippen molar-refractivity contribution >= 4 is 11.6 Å². The summed E-state index contributed by atoms with van der Waals surface area (Å²) in [6.45, 7) is 4.88. The Morgan fingerprint density at radius 2 is 2.15 bits per heavy atom. The molecule has 0 fully saturated rings. The molecule has 1 rings (SSSR count). The first kappa shape index (κ1) is 16.1. The maximum Gasteiger partial charge on any atom is 0.270 e. The monoisotopic (exact) mass is 278 g/mol. The van der Waals surface area contributed by atoms with Gasteiger partial charge in [-0.25, -0.2) is 0 Å². The van der Waals surface area contributed by atoms with Gasteiger partial charge in [0.25, 0.3) is 11.6 Å². The molecule has 1 amide bonds. The minimum Gasteiger partial charge on any atom is -0.352 e. The molecule has 1 unspecified atom stereocenters. The molecule has 20 heavy (non-hydrogen) atoms. The molecular formula is C15H22N2O3. The van der Waals surface area contributed by atoms with Crippen LogP contribution in [0.25, 0.3) is 0 Å². The van der Waals surface area contributed by atoms with Crippen LogP contribution in [0.3, 0.4) is 0 Å². The Labute approximate surface area is 119 Å². The summed E-state index contributed by atoms with van der Waals surface area (Å²) in [5, 5.41) is 13.5. The van der Waals surface area contributed by atoms with Gasteiger partial charge in [0, 0.05) is 24.2 Å². The smallest absolute Gasteiger partial charge is 0.270 e. The van der Waals surface area contributed by atoms with Crippen molar-refractivity contribution in [3.63, 3.8) is 0 Å². The maximum atomic E-state index is 12.0. The molecule has 1 aromatic rings. The van der Waals surface area contributed by atoms with E-state index in [0.717, 1.165) is 25.7 Å². The lowest BCUT2D eigenvalue weighted by Gasteiger charge is -2.15. The van der Waals surface area contributed by atoms with Crippen molar-refractivity contribution in [1.29, 1.82) is 0 Å². The lowest BCUT2D eigenvalue weighted by molar-refractivity contribution is -0.384. The van der Waals surface area contributed by atoms with Crippen LogP contribution in [-0.4, -0.2) is 17.4 Å². The van der Waals surface area contributed by atoms with Crippen LogP contribution < -0.4 is 5.32 Å². The molecule has 0 saturated heterocycles. The van der Waals surface area contributed by atoms with Gasteiger partial charge in [-0.1, -0.05) is 39.2 Å². The van der Waals surface area contributed by atoms with E-state index >= 15 is 0 Å². The van der Waals surface area contributed by atoms with Crippen LogP contribution in [0, 0.1) is 16.0 Å². The van der Waals surface area contributed by atoms with Crippen molar-refractivity contribution in [2.45, 2.75) is 39.5 Å². The highest BCUT2D eigenvalue weighted by atomic mass is 16.6. The zero-order chi connectivity index (χ0) is 15.0. The number of rotatable bonds is 8. The number of nitro benzene ring substituents is 1. The van der Waals surface area contributed by atoms with E-state index in [1.165, 1.54) is 18.2 Å². The summed E-state index contributed by atoms with van der Waals surface area (Å²) < 4.78 is 0. The predicted molar refractivity (Wildman–Crippen MR) is 78.7 cm³/mol. The van der Waals surface area contributed by atoms with Crippen molar-refractivity contribution in [3.8, 4) is 0 Å². The van der Waals surface area contributed by atoms with E-state index in [0.29, 0.717) is 18.0 Å². The number of carbonyl (C=O) groups excluding carboxylic acids is 1. The van der Waals surface area contributed by atoms with Crippen molar-refractivity contribution in [3.05, 3.63) is 39.9 Å². The number of amides is 1. The Hall–Kier alpha value is -1.91. The van der Waals surface area contributed by atoms with E-state index < -0.39 is 4.92 Å². The molecule has 0 radical (unpaired) electrons. The van der Waals surface area contributed by atoms with Gasteiger partial charge in [-0.2, -0.15) is 0 Å². The third-order valence-electron chi connectivity index (χ3n) is 3.41. The summed E-state index contributed by atoms with van der Waals surface area (Å²) >= 11 is 0. The summed E-state index contributed by atoms with van der Waals surface area (Å²) in [5.74, 6) is 0.223. The number of nitro groups is 1. The topological polar surface area (TPSA) is 72.2 Å². The van der Waals surface area contributed by atoms with Gasteiger partial charge in [0.2, 0.25) is 0 Å². The predicted octanol–water partition coefficient (Wildman–Crippen LogP) is 3.54. The van der Waals surface area contributed by atoms with Crippen LogP contribution in [0.15, 0.2) is 24.3 Å². The van der Waals surface area contributed by atoms with Crippen LogP contribution in [-0.2, 0) is 0 Å². The number of hydrogen-bond donors (Lipinski definition) is 1. The average molecular weight is 278 g/mol. The van der Waals surface area contributed by atoms with Crippen LogP contribution in [0.4, 0.5) is 5.69 Å². The highest BCUT2D eigenvalue weighted by molar-refractivity contribution is 5.94. The number of non-ortho nitro benzene ring substituents is 1. The summed E-state index contributed by atoms with van der Waals surface area (Å²) in [7, 11) is 0. The average Bonchev–Trinajstić information content (AvgIpc) is 2.47. The van der Waals surface area contributed by atoms with Crippen LogP contribution in [0.1, 0.15) is 49.9 Å². The molecule has 110 valence electrons. The van der Waals surface area contributed by atoms with E-state index in [1.807, 2.05) is 0 Å². The second-order valence-corrected chi connectivity index (χ2v) is 4.93. The number of nitrogens with one attached hydrogen (secondary N) is 1. The van der Waals surface area contributed by atoms with E-state index in [4.69, 9.17) is 0 Å². The highest BCUT2D eigenvalue weighted by Crippen LogP contribution is 2.14. The standard InChI is InChI=1S/C15H22N2O3/c1-3-5-7-12(4-2)11-16-15(18)13-8-6-9-14(10-13)17(19)20/h6,8-10,12H,3-5,7,11H2,1-2H3,(H,16,18). The highest BCUT2D eigenvalue weighted by Gasteiger charge is 2.13. The molecule has 0 aliphatic heterocycles. The first-order chi connectivity index (χ1) is 9.58.